The van der Waals surface area contributed by atoms with Gasteiger partial charge in [-0.2, -0.15) is 0 Å². The molecule has 0 N–H and O–H groups in total. The number of imide groups is 1. The highest BCUT2D eigenvalue weighted by molar-refractivity contribution is 9.12. The lowest BCUT2D eigenvalue weighted by atomic mass is 9.81. The normalized spacial score (nSPS) is 33.8. The molecule has 6 nitrogen and oxygen atoms in total. The highest BCUT2D eigenvalue weighted by Gasteiger charge is 2.67. The van der Waals surface area contributed by atoms with Crippen molar-refractivity contribution in [2.75, 3.05) is 4.90 Å². The van der Waals surface area contributed by atoms with Crippen molar-refractivity contribution in [2.45, 2.75) is 23.0 Å². The van der Waals surface area contributed by atoms with E-state index in [1.807, 2.05) is 30.3 Å². The van der Waals surface area contributed by atoms with Crippen molar-refractivity contribution in [1.29, 1.82) is 0 Å². The molecule has 2 bridgehead atoms. The first-order chi connectivity index (χ1) is 13.3. The highest BCUT2D eigenvalue weighted by atomic mass is 79.9. The quantitative estimate of drug-likeness (QED) is 0.463. The molecule has 2 saturated carbocycles. The fraction of sp³-hybridized carbons (Fsp3) is 0.450. The van der Waals surface area contributed by atoms with Crippen molar-refractivity contribution in [1.82, 2.24) is 9.36 Å². The van der Waals surface area contributed by atoms with Crippen LogP contribution in [0.15, 0.2) is 35.1 Å². The number of aromatic nitrogens is 2. The fourth-order valence-electron chi connectivity index (χ4n) is 5.38. The van der Waals surface area contributed by atoms with Gasteiger partial charge in [0.2, 0.25) is 11.8 Å². The number of carbonyl (C=O) groups excluding carboxylic acids is 2. The zero-order valence-electron chi connectivity index (χ0n) is 15.4. The summed E-state index contributed by atoms with van der Waals surface area (Å²) in [4.78, 5) is 41.4. The third-order valence-electron chi connectivity index (χ3n) is 6.73. The maximum absolute atomic E-state index is 13.3. The Labute approximate surface area is 178 Å². The van der Waals surface area contributed by atoms with Crippen molar-refractivity contribution >= 4 is 49.4 Å². The van der Waals surface area contributed by atoms with Gasteiger partial charge in [-0.1, -0.05) is 50.1 Å². The molecule has 0 unspecified atom stereocenters. The molecule has 5 rings (SSSR count). The third-order valence-corrected chi connectivity index (χ3v) is 9.94. The number of rotatable bonds is 2. The maximum Gasteiger partial charge on any atom is 0.296 e. The molecule has 3 fully saturated rings. The second-order valence-corrected chi connectivity index (χ2v) is 10.0. The minimum Gasteiger partial charge on any atom is -0.283 e. The standard InChI is InChI=1S/C20H19Br2N3O3/c1-9-17(20(28)25(23(9)2)10-6-4-3-5-7-10)24-18(26)13-11-8-12(14(13)19(24)27)16(22)15(11)21/h3-7,11-16H,8H2,1-2H3/t11-,12+,13-,14-,15-,16+/m0/s1. The van der Waals surface area contributed by atoms with Crippen LogP contribution in [0.25, 0.3) is 5.69 Å². The van der Waals surface area contributed by atoms with Crippen molar-refractivity contribution in [3.05, 3.63) is 46.4 Å². The second kappa shape index (κ2) is 6.16. The number of alkyl halides is 2. The number of halogens is 2. The number of benzene rings is 1. The van der Waals surface area contributed by atoms with E-state index in [0.29, 0.717) is 11.4 Å². The number of anilines is 1. The molecule has 146 valence electrons. The van der Waals surface area contributed by atoms with Crippen molar-refractivity contribution < 1.29 is 9.59 Å². The average Bonchev–Trinajstić information content (AvgIpc) is 3.34. The molecule has 8 heteroatoms. The Kier molecular flexibility index (Phi) is 4.04. The topological polar surface area (TPSA) is 64.3 Å². The Hall–Kier alpha value is -1.67. The number of amides is 2. The molecule has 1 saturated heterocycles. The molecule has 1 aromatic carbocycles. The number of hydrogen-bond acceptors (Lipinski definition) is 3. The van der Waals surface area contributed by atoms with E-state index in [9.17, 15) is 14.4 Å². The minimum absolute atomic E-state index is 0.126. The molecular weight excluding hydrogens is 490 g/mol. The molecular formula is C20H19Br2N3O3. The van der Waals surface area contributed by atoms with Crippen LogP contribution in [0, 0.1) is 30.6 Å². The van der Waals surface area contributed by atoms with Crippen molar-refractivity contribution in [3.63, 3.8) is 0 Å². The molecule has 0 spiro atoms. The average molecular weight is 509 g/mol. The summed E-state index contributed by atoms with van der Waals surface area (Å²) in [5, 5.41) is 0. The summed E-state index contributed by atoms with van der Waals surface area (Å²) in [6.45, 7) is 1.78. The lowest BCUT2D eigenvalue weighted by molar-refractivity contribution is -0.123. The van der Waals surface area contributed by atoms with Gasteiger partial charge in [0.15, 0.2) is 0 Å². The zero-order chi connectivity index (χ0) is 19.9. The molecule has 6 atom stereocenters. The van der Waals surface area contributed by atoms with Gasteiger partial charge in [-0.25, -0.2) is 9.58 Å². The first-order valence-corrected chi connectivity index (χ1v) is 11.2. The monoisotopic (exact) mass is 507 g/mol. The molecule has 2 aliphatic carbocycles. The number of carbonyl (C=O) groups is 2. The first-order valence-electron chi connectivity index (χ1n) is 9.34. The van der Waals surface area contributed by atoms with Gasteiger partial charge in [-0.3, -0.25) is 19.1 Å². The molecule has 0 radical (unpaired) electrons. The van der Waals surface area contributed by atoms with Crippen LogP contribution >= 0.6 is 31.9 Å². The van der Waals surface area contributed by atoms with Crippen LogP contribution in [0.5, 0.6) is 0 Å². The Morgan fingerprint density at radius 2 is 1.46 bits per heavy atom. The number of nitrogens with zero attached hydrogens (tertiary/aromatic N) is 3. The summed E-state index contributed by atoms with van der Waals surface area (Å²) >= 11 is 7.39. The zero-order valence-corrected chi connectivity index (χ0v) is 18.6. The van der Waals surface area contributed by atoms with Crippen LogP contribution in [-0.2, 0) is 16.6 Å². The summed E-state index contributed by atoms with van der Waals surface area (Å²) in [6, 6.07) is 9.24. The van der Waals surface area contributed by atoms with E-state index in [2.05, 4.69) is 31.9 Å². The summed E-state index contributed by atoms with van der Waals surface area (Å²) in [5.41, 5.74) is 1.15. The lowest BCUT2D eigenvalue weighted by Gasteiger charge is -2.28. The summed E-state index contributed by atoms with van der Waals surface area (Å²) in [7, 11) is 1.77. The van der Waals surface area contributed by atoms with Crippen LogP contribution in [0.2, 0.25) is 0 Å². The smallest absolute Gasteiger partial charge is 0.283 e. The number of para-hydroxylation sites is 1. The van der Waals surface area contributed by atoms with Crippen LogP contribution in [0.3, 0.4) is 0 Å². The molecule has 2 heterocycles. The van der Waals surface area contributed by atoms with E-state index in [-0.39, 0.29) is 56.4 Å². The molecule has 28 heavy (non-hydrogen) atoms. The van der Waals surface area contributed by atoms with Crippen LogP contribution in [0.1, 0.15) is 12.1 Å². The van der Waals surface area contributed by atoms with Gasteiger partial charge in [0.25, 0.3) is 5.56 Å². The Morgan fingerprint density at radius 3 is 2.00 bits per heavy atom. The van der Waals surface area contributed by atoms with Crippen LogP contribution < -0.4 is 10.5 Å². The second-order valence-electron chi connectivity index (χ2n) is 7.93. The molecule has 2 aromatic rings. The Balaban J connectivity index is 1.63. The predicted molar refractivity (Wildman–Crippen MR) is 112 cm³/mol. The van der Waals surface area contributed by atoms with E-state index in [1.54, 1.807) is 18.7 Å². The van der Waals surface area contributed by atoms with Gasteiger partial charge in [-0.15, -0.1) is 0 Å². The molecule has 1 aromatic heterocycles. The van der Waals surface area contributed by atoms with E-state index in [4.69, 9.17) is 0 Å². The first kappa shape index (κ1) is 18.4. The van der Waals surface area contributed by atoms with E-state index >= 15 is 0 Å². The molecule has 2 amide bonds. The third kappa shape index (κ3) is 2.16. The fourth-order valence-corrected chi connectivity index (χ4v) is 7.25. The van der Waals surface area contributed by atoms with Gasteiger partial charge in [-0.05, 0) is 37.3 Å². The molecule has 3 aliphatic rings. The Bertz CT molecular complexity index is 1030. The number of hydrogen-bond donors (Lipinski definition) is 0. The van der Waals surface area contributed by atoms with E-state index < -0.39 is 0 Å². The largest absolute Gasteiger partial charge is 0.296 e. The van der Waals surface area contributed by atoms with E-state index in [1.165, 1.54) is 9.58 Å². The van der Waals surface area contributed by atoms with Crippen molar-refractivity contribution in [2.24, 2.45) is 30.7 Å². The highest BCUT2D eigenvalue weighted by Crippen LogP contribution is 2.60. The number of fused-ring (bicyclic) bond motifs is 5. The van der Waals surface area contributed by atoms with Crippen LogP contribution in [-0.4, -0.2) is 30.8 Å². The maximum atomic E-state index is 13.3. The predicted octanol–water partition coefficient (Wildman–Crippen LogP) is 2.77. The van der Waals surface area contributed by atoms with Gasteiger partial charge in [0.05, 0.1) is 23.2 Å². The summed E-state index contributed by atoms with van der Waals surface area (Å²) < 4.78 is 3.21. The Morgan fingerprint density at radius 1 is 0.929 bits per heavy atom. The summed E-state index contributed by atoms with van der Waals surface area (Å²) in [6.07, 6.45) is 0.870. The van der Waals surface area contributed by atoms with Gasteiger partial charge in [0, 0.05) is 16.7 Å². The van der Waals surface area contributed by atoms with Crippen molar-refractivity contribution in [3.8, 4) is 5.69 Å². The van der Waals surface area contributed by atoms with Gasteiger partial charge < -0.3 is 0 Å². The van der Waals surface area contributed by atoms with Crippen LogP contribution in [0.4, 0.5) is 5.69 Å². The SMILES string of the molecule is Cc1c(N2C(=O)[C@H]3[C@@H]4C[C@@H]([C@@H](Br)[C@H]4Br)[C@@H]3C2=O)c(=O)n(-c2ccccc2)n1C. The minimum atomic E-state index is -0.342. The molecule has 1 aliphatic heterocycles. The lowest BCUT2D eigenvalue weighted by Crippen LogP contribution is -2.37. The van der Waals surface area contributed by atoms with Gasteiger partial charge in [0.1, 0.15) is 5.69 Å². The van der Waals surface area contributed by atoms with Gasteiger partial charge >= 0.3 is 0 Å². The summed E-state index contributed by atoms with van der Waals surface area (Å²) in [5.74, 6) is -0.864. The van der Waals surface area contributed by atoms with E-state index in [0.717, 1.165) is 6.42 Å².